The molecule has 1 heteroatoms. The van der Waals surface area contributed by atoms with Crippen LogP contribution in [0.15, 0.2) is 24.3 Å². The van der Waals surface area contributed by atoms with Crippen molar-refractivity contribution in [3.63, 3.8) is 0 Å². The second-order valence-corrected chi connectivity index (χ2v) is 13.1. The molecule has 8 saturated carbocycles. The second-order valence-electron chi connectivity index (χ2n) is 13.1. The number of hydrogen-bond acceptors (Lipinski definition) is 1. The van der Waals surface area contributed by atoms with E-state index in [1.165, 1.54) is 88.2 Å². The van der Waals surface area contributed by atoms with E-state index in [9.17, 15) is 5.11 Å². The van der Waals surface area contributed by atoms with Crippen molar-refractivity contribution in [2.24, 2.45) is 46.3 Å². The van der Waals surface area contributed by atoms with Gasteiger partial charge in [0.15, 0.2) is 0 Å². The molecule has 1 aromatic carbocycles. The summed E-state index contributed by atoms with van der Waals surface area (Å²) in [4.78, 5) is 0. The third-order valence-corrected chi connectivity index (χ3v) is 11.4. The summed E-state index contributed by atoms with van der Waals surface area (Å²) >= 11 is 0. The highest BCUT2D eigenvalue weighted by Crippen LogP contribution is 2.75. The van der Waals surface area contributed by atoms with Crippen molar-refractivity contribution in [1.82, 2.24) is 0 Å². The summed E-state index contributed by atoms with van der Waals surface area (Å²) in [5.41, 5.74) is 2.51. The van der Waals surface area contributed by atoms with Gasteiger partial charge in [-0.1, -0.05) is 31.2 Å². The van der Waals surface area contributed by atoms with E-state index in [0.29, 0.717) is 0 Å². The molecule has 8 aliphatic rings. The van der Waals surface area contributed by atoms with Crippen LogP contribution >= 0.6 is 0 Å². The highest BCUT2D eigenvalue weighted by Gasteiger charge is 2.70. The summed E-state index contributed by atoms with van der Waals surface area (Å²) in [6, 6.07) is 9.15. The Morgan fingerprint density at radius 3 is 1.43 bits per heavy atom. The lowest BCUT2D eigenvalue weighted by molar-refractivity contribution is -0.278. The molecule has 162 valence electrons. The molecule has 30 heavy (non-hydrogen) atoms. The molecule has 8 bridgehead atoms. The predicted molar refractivity (Wildman–Crippen MR) is 121 cm³/mol. The minimum atomic E-state index is -0.599. The molecule has 0 heterocycles. The maximum atomic E-state index is 13.5. The van der Waals surface area contributed by atoms with Crippen LogP contribution in [-0.2, 0) is 12.0 Å². The summed E-state index contributed by atoms with van der Waals surface area (Å²) in [5, 5.41) is 13.5. The van der Waals surface area contributed by atoms with Gasteiger partial charge in [-0.25, -0.2) is 0 Å². The molecule has 9 rings (SSSR count). The molecular weight excluding hydrogens is 364 g/mol. The highest BCUT2D eigenvalue weighted by atomic mass is 16.3. The minimum absolute atomic E-state index is 0.151. The third-order valence-electron chi connectivity index (χ3n) is 11.4. The average molecular weight is 405 g/mol. The first kappa shape index (κ1) is 18.7. The van der Waals surface area contributed by atoms with E-state index in [1.54, 1.807) is 0 Å². The predicted octanol–water partition coefficient (Wildman–Crippen LogP) is 6.87. The minimum Gasteiger partial charge on any atom is -0.384 e. The Bertz CT molecular complexity index is 735. The summed E-state index contributed by atoms with van der Waals surface area (Å²) in [7, 11) is 0. The van der Waals surface area contributed by atoms with Gasteiger partial charge in [0.25, 0.3) is 0 Å². The van der Waals surface area contributed by atoms with Gasteiger partial charge in [-0.05, 0) is 130 Å². The molecule has 8 fully saturated rings. The van der Waals surface area contributed by atoms with E-state index >= 15 is 0 Å². The molecular formula is C29H40O. The van der Waals surface area contributed by atoms with E-state index in [4.69, 9.17) is 0 Å². The normalized spacial score (nSPS) is 50.1. The molecule has 1 nitrogen and oxygen atoms in total. The van der Waals surface area contributed by atoms with Crippen molar-refractivity contribution in [2.75, 3.05) is 0 Å². The summed E-state index contributed by atoms with van der Waals surface area (Å²) in [6.45, 7) is 2.30. The fourth-order valence-corrected chi connectivity index (χ4v) is 11.4. The third kappa shape index (κ3) is 2.29. The molecule has 8 aliphatic carbocycles. The van der Waals surface area contributed by atoms with Gasteiger partial charge in [-0.2, -0.15) is 0 Å². The number of aryl methyl sites for hydroxylation is 1. The summed E-state index contributed by atoms with van der Waals surface area (Å²) < 4.78 is 0. The maximum Gasteiger partial charge on any atom is 0.101 e. The zero-order valence-corrected chi connectivity index (χ0v) is 18.9. The highest BCUT2D eigenvalue weighted by molar-refractivity contribution is 5.39. The monoisotopic (exact) mass is 404 g/mol. The van der Waals surface area contributed by atoms with Gasteiger partial charge in [0.2, 0.25) is 0 Å². The first-order valence-electron chi connectivity index (χ1n) is 13.3. The SMILES string of the molecule is CCc1ccccc1C(O)(C12CC3CC(CC(C3)C1)C2)C12CC3CC(CC(C3)C1)C2. The van der Waals surface area contributed by atoms with Gasteiger partial charge in [0, 0.05) is 10.8 Å². The lowest BCUT2D eigenvalue weighted by atomic mass is 9.35. The van der Waals surface area contributed by atoms with E-state index in [2.05, 4.69) is 31.2 Å². The molecule has 0 unspecified atom stereocenters. The molecule has 0 aromatic heterocycles. The van der Waals surface area contributed by atoms with Crippen LogP contribution in [-0.4, -0.2) is 5.11 Å². The zero-order valence-electron chi connectivity index (χ0n) is 18.9. The van der Waals surface area contributed by atoms with Crippen molar-refractivity contribution < 1.29 is 5.11 Å². The Kier molecular flexibility index (Phi) is 3.84. The Balaban J connectivity index is 1.45. The topological polar surface area (TPSA) is 20.2 Å². The zero-order chi connectivity index (χ0) is 20.1. The first-order chi connectivity index (χ1) is 14.5. The molecule has 0 atom stereocenters. The molecule has 0 spiro atoms. The van der Waals surface area contributed by atoms with E-state index in [-0.39, 0.29) is 10.8 Å². The van der Waals surface area contributed by atoms with Gasteiger partial charge in [0.05, 0.1) is 0 Å². The van der Waals surface area contributed by atoms with Crippen molar-refractivity contribution >= 4 is 0 Å². The molecule has 0 radical (unpaired) electrons. The van der Waals surface area contributed by atoms with Crippen LogP contribution in [0.1, 0.15) is 95.1 Å². The maximum absolute atomic E-state index is 13.5. The van der Waals surface area contributed by atoms with Crippen LogP contribution in [0, 0.1) is 46.3 Å². The van der Waals surface area contributed by atoms with Crippen LogP contribution in [0.5, 0.6) is 0 Å². The fraction of sp³-hybridized carbons (Fsp3) is 0.793. The van der Waals surface area contributed by atoms with Crippen molar-refractivity contribution in [3.8, 4) is 0 Å². The van der Waals surface area contributed by atoms with E-state index in [0.717, 1.165) is 41.9 Å². The van der Waals surface area contributed by atoms with Crippen LogP contribution in [0.3, 0.4) is 0 Å². The standard InChI is InChI=1S/C29H40O/c1-2-25-5-3-4-6-26(25)29(30,27-13-19-7-20(14-27)9-21(8-19)15-27)28-16-22-10-23(17-28)12-24(11-22)18-28/h3-6,19-24,30H,2,7-18H2,1H3. The van der Waals surface area contributed by atoms with Gasteiger partial charge in [0.1, 0.15) is 5.60 Å². The number of rotatable bonds is 4. The van der Waals surface area contributed by atoms with Gasteiger partial charge in [-0.3, -0.25) is 0 Å². The van der Waals surface area contributed by atoms with Crippen molar-refractivity contribution in [3.05, 3.63) is 35.4 Å². The lowest BCUT2D eigenvalue weighted by Gasteiger charge is -2.71. The van der Waals surface area contributed by atoms with Crippen LogP contribution in [0.25, 0.3) is 0 Å². The first-order valence-corrected chi connectivity index (χ1v) is 13.3. The van der Waals surface area contributed by atoms with E-state index in [1.807, 2.05) is 0 Å². The second kappa shape index (κ2) is 6.15. The Hall–Kier alpha value is -0.820. The Morgan fingerprint density at radius 1 is 0.700 bits per heavy atom. The summed E-state index contributed by atoms with van der Waals surface area (Å²) in [6.07, 6.45) is 17.7. The fourth-order valence-electron chi connectivity index (χ4n) is 11.4. The van der Waals surface area contributed by atoms with Crippen LogP contribution in [0.2, 0.25) is 0 Å². The molecule has 0 amide bonds. The lowest BCUT2D eigenvalue weighted by Crippen LogP contribution is -2.67. The average Bonchev–Trinajstić information content (AvgIpc) is 2.71. The largest absolute Gasteiger partial charge is 0.384 e. The molecule has 0 aliphatic heterocycles. The number of benzene rings is 1. The van der Waals surface area contributed by atoms with Gasteiger partial charge in [-0.15, -0.1) is 0 Å². The van der Waals surface area contributed by atoms with Crippen molar-refractivity contribution in [1.29, 1.82) is 0 Å². The number of hydrogen-bond donors (Lipinski definition) is 1. The van der Waals surface area contributed by atoms with Gasteiger partial charge >= 0.3 is 0 Å². The molecule has 1 N–H and O–H groups in total. The Labute approximate surface area is 183 Å². The van der Waals surface area contributed by atoms with Crippen LogP contribution in [0.4, 0.5) is 0 Å². The van der Waals surface area contributed by atoms with Crippen LogP contribution < -0.4 is 0 Å². The summed E-state index contributed by atoms with van der Waals surface area (Å²) in [5.74, 6) is 5.36. The van der Waals surface area contributed by atoms with E-state index < -0.39 is 5.60 Å². The molecule has 1 aromatic rings. The van der Waals surface area contributed by atoms with Gasteiger partial charge < -0.3 is 5.11 Å². The quantitative estimate of drug-likeness (QED) is 0.580. The Morgan fingerprint density at radius 2 is 1.07 bits per heavy atom. The number of aliphatic hydroxyl groups is 1. The molecule has 0 saturated heterocycles. The van der Waals surface area contributed by atoms with Crippen molar-refractivity contribution in [2.45, 2.75) is 96.0 Å². The smallest absolute Gasteiger partial charge is 0.101 e.